The molecule has 0 aliphatic carbocycles. The number of amides is 1. The van der Waals surface area contributed by atoms with Crippen molar-refractivity contribution < 1.29 is 22.4 Å². The summed E-state index contributed by atoms with van der Waals surface area (Å²) in [6.45, 7) is 0. The highest BCUT2D eigenvalue weighted by Gasteiger charge is 2.22. The number of hydrogen-bond acceptors (Lipinski definition) is 2. The second-order valence-corrected chi connectivity index (χ2v) is 2.32. The molecule has 0 radical (unpaired) electrons. The van der Waals surface area contributed by atoms with Crippen LogP contribution in [0, 0.1) is 23.3 Å². The van der Waals surface area contributed by atoms with Crippen molar-refractivity contribution in [2.24, 2.45) is 5.84 Å². The van der Waals surface area contributed by atoms with Crippen LogP contribution in [0.25, 0.3) is 0 Å². The lowest BCUT2D eigenvalue weighted by atomic mass is 10.2. The first-order chi connectivity index (χ1) is 6.49. The van der Waals surface area contributed by atoms with Gasteiger partial charge in [-0.05, 0) is 6.07 Å². The van der Waals surface area contributed by atoms with Crippen molar-refractivity contribution in [1.29, 1.82) is 0 Å². The molecule has 0 saturated heterocycles. The fourth-order valence-electron chi connectivity index (χ4n) is 0.816. The van der Waals surface area contributed by atoms with Crippen LogP contribution in [0.3, 0.4) is 0 Å². The van der Waals surface area contributed by atoms with Crippen LogP contribution in [0.1, 0.15) is 10.4 Å². The molecule has 15 heavy (non-hydrogen) atoms. The number of nitrogens with one attached hydrogen (secondary N) is 1. The van der Waals surface area contributed by atoms with E-state index in [1.165, 1.54) is 5.43 Å². The van der Waals surface area contributed by atoms with Gasteiger partial charge in [-0.25, -0.2) is 23.4 Å². The normalized spacial score (nSPS) is 9.40. The Labute approximate surface area is 87.6 Å². The molecule has 3 nitrogen and oxygen atoms in total. The summed E-state index contributed by atoms with van der Waals surface area (Å²) in [5.41, 5.74) is 0.465. The zero-order valence-corrected chi connectivity index (χ0v) is 7.80. The maximum Gasteiger partial charge on any atom is 0.268 e. The fraction of sp³-hybridized carbons (Fsp3) is 0. The van der Waals surface area contributed by atoms with E-state index in [0.717, 1.165) is 0 Å². The lowest BCUT2D eigenvalue weighted by Gasteiger charge is -2.03. The lowest BCUT2D eigenvalue weighted by Crippen LogP contribution is -2.31. The van der Waals surface area contributed by atoms with Gasteiger partial charge in [0.15, 0.2) is 23.3 Å². The van der Waals surface area contributed by atoms with Gasteiger partial charge in [-0.15, -0.1) is 12.4 Å². The Morgan fingerprint density at radius 2 is 1.67 bits per heavy atom. The molecule has 0 saturated carbocycles. The molecule has 1 rings (SSSR count). The monoisotopic (exact) mass is 244 g/mol. The summed E-state index contributed by atoms with van der Waals surface area (Å²) in [6, 6.07) is 0.218. The quantitative estimate of drug-likeness (QED) is 0.195. The van der Waals surface area contributed by atoms with Crippen LogP contribution >= 0.6 is 12.4 Å². The number of halogens is 5. The van der Waals surface area contributed by atoms with Crippen molar-refractivity contribution in [1.82, 2.24) is 5.43 Å². The van der Waals surface area contributed by atoms with Crippen molar-refractivity contribution in [3.8, 4) is 0 Å². The van der Waals surface area contributed by atoms with Crippen molar-refractivity contribution in [2.45, 2.75) is 0 Å². The van der Waals surface area contributed by atoms with Gasteiger partial charge in [-0.1, -0.05) is 0 Å². The Bertz CT molecular complexity index is 399. The molecule has 0 bridgehead atoms. The molecule has 1 aromatic carbocycles. The van der Waals surface area contributed by atoms with Gasteiger partial charge >= 0.3 is 0 Å². The first-order valence-electron chi connectivity index (χ1n) is 3.33. The molecule has 0 heterocycles. The second kappa shape index (κ2) is 4.94. The molecular formula is C7H5ClF4N2O. The zero-order valence-electron chi connectivity index (χ0n) is 6.98. The molecule has 0 spiro atoms. The van der Waals surface area contributed by atoms with E-state index in [9.17, 15) is 22.4 Å². The smallest absolute Gasteiger partial charge is 0.268 e. The van der Waals surface area contributed by atoms with Gasteiger partial charge in [0, 0.05) is 0 Å². The molecule has 1 amide bonds. The van der Waals surface area contributed by atoms with E-state index in [0.29, 0.717) is 0 Å². The Hall–Kier alpha value is -1.34. The maximum atomic E-state index is 12.8. The molecule has 0 aliphatic rings. The number of hydrogen-bond donors (Lipinski definition) is 2. The van der Waals surface area contributed by atoms with Crippen LogP contribution < -0.4 is 11.3 Å². The van der Waals surface area contributed by atoms with E-state index in [4.69, 9.17) is 0 Å². The van der Waals surface area contributed by atoms with Crippen LogP contribution in [0.5, 0.6) is 0 Å². The van der Waals surface area contributed by atoms with Gasteiger partial charge in [-0.3, -0.25) is 10.2 Å². The number of hydrazine groups is 1. The average Bonchev–Trinajstić information content (AvgIpc) is 2.19. The van der Waals surface area contributed by atoms with Crippen molar-refractivity contribution in [3.05, 3.63) is 34.9 Å². The summed E-state index contributed by atoms with van der Waals surface area (Å²) in [7, 11) is 0. The molecule has 0 unspecified atom stereocenters. The number of nitrogen functional groups attached to an aromatic ring is 1. The van der Waals surface area contributed by atoms with Crippen molar-refractivity contribution in [2.75, 3.05) is 0 Å². The maximum absolute atomic E-state index is 12.8. The van der Waals surface area contributed by atoms with E-state index in [1.54, 1.807) is 0 Å². The summed E-state index contributed by atoms with van der Waals surface area (Å²) in [4.78, 5) is 10.7. The summed E-state index contributed by atoms with van der Waals surface area (Å²) in [5.74, 6) is -4.12. The Kier molecular flexibility index (Phi) is 4.50. The largest absolute Gasteiger partial charge is 0.290 e. The molecule has 0 aromatic heterocycles. The topological polar surface area (TPSA) is 55.1 Å². The van der Waals surface area contributed by atoms with Crippen LogP contribution in [-0.2, 0) is 0 Å². The highest BCUT2D eigenvalue weighted by Crippen LogP contribution is 2.18. The molecule has 0 atom stereocenters. The summed E-state index contributed by atoms with van der Waals surface area (Å²) in [5, 5.41) is 0. The van der Waals surface area contributed by atoms with E-state index in [1.807, 2.05) is 0 Å². The highest BCUT2D eigenvalue weighted by atomic mass is 35.5. The van der Waals surface area contributed by atoms with Gasteiger partial charge in [0.1, 0.15) is 0 Å². The van der Waals surface area contributed by atoms with Crippen LogP contribution in [0.2, 0.25) is 0 Å². The van der Waals surface area contributed by atoms with Gasteiger partial charge in [0.05, 0.1) is 5.56 Å². The Morgan fingerprint density at radius 3 is 2.13 bits per heavy atom. The Balaban J connectivity index is 0.00000196. The van der Waals surface area contributed by atoms with Crippen LogP contribution in [-0.4, -0.2) is 5.91 Å². The molecule has 3 N–H and O–H groups in total. The number of carbonyl (C=O) groups excluding carboxylic acids is 1. The summed E-state index contributed by atoms with van der Waals surface area (Å²) in [6.07, 6.45) is 0. The fourth-order valence-corrected chi connectivity index (χ4v) is 0.816. The molecular weight excluding hydrogens is 240 g/mol. The number of rotatable bonds is 1. The standard InChI is InChI=1S/C7H4F4N2O.ClH/c8-3-1-2(7(14)13-12)4(9)6(11)5(3)10;/h1H,12H2,(H,13,14);1H. The second-order valence-electron chi connectivity index (χ2n) is 2.32. The minimum absolute atomic E-state index is 0. The lowest BCUT2D eigenvalue weighted by molar-refractivity contribution is 0.0947. The van der Waals surface area contributed by atoms with Crippen molar-refractivity contribution in [3.63, 3.8) is 0 Å². The van der Waals surface area contributed by atoms with E-state index >= 15 is 0 Å². The zero-order chi connectivity index (χ0) is 10.9. The molecule has 1 aromatic rings. The molecule has 0 aliphatic heterocycles. The van der Waals surface area contributed by atoms with Gasteiger partial charge < -0.3 is 0 Å². The highest BCUT2D eigenvalue weighted by molar-refractivity contribution is 5.94. The first-order valence-corrected chi connectivity index (χ1v) is 3.33. The predicted molar refractivity (Wildman–Crippen MR) is 45.2 cm³/mol. The first kappa shape index (κ1) is 13.7. The Morgan fingerprint density at radius 1 is 1.13 bits per heavy atom. The SMILES string of the molecule is Cl.NNC(=O)c1cc(F)c(F)c(F)c1F. The molecule has 84 valence electrons. The summed E-state index contributed by atoms with van der Waals surface area (Å²) >= 11 is 0. The predicted octanol–water partition coefficient (Wildman–Crippen LogP) is 1.27. The van der Waals surface area contributed by atoms with E-state index in [-0.39, 0.29) is 18.5 Å². The van der Waals surface area contributed by atoms with Crippen molar-refractivity contribution >= 4 is 18.3 Å². The number of nitrogens with two attached hydrogens (primary N) is 1. The van der Waals surface area contributed by atoms with Gasteiger partial charge in [-0.2, -0.15) is 0 Å². The van der Waals surface area contributed by atoms with E-state index < -0.39 is 34.7 Å². The van der Waals surface area contributed by atoms with Crippen LogP contribution in [0.15, 0.2) is 6.07 Å². The average molecular weight is 245 g/mol. The van der Waals surface area contributed by atoms with Gasteiger partial charge in [0.2, 0.25) is 0 Å². The van der Waals surface area contributed by atoms with Crippen LogP contribution in [0.4, 0.5) is 17.6 Å². The third-order valence-corrected chi connectivity index (χ3v) is 1.48. The van der Waals surface area contributed by atoms with Gasteiger partial charge in [0.25, 0.3) is 5.91 Å². The molecule has 8 heteroatoms. The number of carbonyl (C=O) groups is 1. The minimum atomic E-state index is -2.05. The van der Waals surface area contributed by atoms with E-state index in [2.05, 4.69) is 5.84 Å². The minimum Gasteiger partial charge on any atom is -0.290 e. The summed E-state index contributed by atoms with van der Waals surface area (Å²) < 4.78 is 50.2. The third kappa shape index (κ3) is 2.37. The number of benzene rings is 1. The third-order valence-electron chi connectivity index (χ3n) is 1.48. The molecule has 0 fully saturated rings.